The van der Waals surface area contributed by atoms with Crippen LogP contribution in [0.5, 0.6) is 0 Å². The topological polar surface area (TPSA) is 33.3 Å². The van der Waals surface area contributed by atoms with E-state index in [-0.39, 0.29) is 0 Å². The van der Waals surface area contributed by atoms with Gasteiger partial charge >= 0.3 is 0 Å². The summed E-state index contributed by atoms with van der Waals surface area (Å²) < 4.78 is 5.44. The van der Waals surface area contributed by atoms with Crippen LogP contribution in [0.2, 0.25) is 0 Å². The first-order valence-electron chi connectivity index (χ1n) is 6.38. The zero-order valence-electron chi connectivity index (χ0n) is 10.8. The number of ether oxygens (including phenoxy) is 1. The summed E-state index contributed by atoms with van der Waals surface area (Å²) >= 11 is 0. The maximum atomic E-state index is 5.44. The van der Waals surface area contributed by atoms with E-state index in [1.807, 2.05) is 0 Å². The highest BCUT2D eigenvalue weighted by atomic mass is 16.5. The van der Waals surface area contributed by atoms with Gasteiger partial charge in [-0.05, 0) is 37.5 Å². The highest BCUT2D eigenvalue weighted by Crippen LogP contribution is 2.16. The maximum absolute atomic E-state index is 5.44. The third-order valence-corrected chi connectivity index (χ3v) is 3.20. The molecule has 1 aliphatic rings. The van der Waals surface area contributed by atoms with Crippen LogP contribution < -0.4 is 10.6 Å². The molecule has 0 amide bonds. The first kappa shape index (κ1) is 12.4. The molecule has 3 heteroatoms. The molecule has 1 unspecified atom stereocenters. The van der Waals surface area contributed by atoms with E-state index in [9.17, 15) is 0 Å². The van der Waals surface area contributed by atoms with Crippen LogP contribution in [0.3, 0.4) is 0 Å². The van der Waals surface area contributed by atoms with Crippen molar-refractivity contribution < 1.29 is 4.74 Å². The van der Waals surface area contributed by atoms with Crippen molar-refractivity contribution in [1.29, 1.82) is 0 Å². The van der Waals surface area contributed by atoms with Crippen LogP contribution in [0.25, 0.3) is 0 Å². The Labute approximate surface area is 104 Å². The van der Waals surface area contributed by atoms with E-state index in [2.05, 4.69) is 42.7 Å². The van der Waals surface area contributed by atoms with Gasteiger partial charge in [-0.3, -0.25) is 0 Å². The second-order valence-electron chi connectivity index (χ2n) is 4.76. The van der Waals surface area contributed by atoms with Crippen LogP contribution in [-0.2, 0) is 4.74 Å². The summed E-state index contributed by atoms with van der Waals surface area (Å²) in [5.74, 6) is 0. The van der Waals surface area contributed by atoms with Gasteiger partial charge < -0.3 is 15.4 Å². The molecule has 1 fully saturated rings. The molecule has 1 aliphatic heterocycles. The molecular formula is C14H22N2O. The van der Waals surface area contributed by atoms with Gasteiger partial charge in [0.1, 0.15) is 0 Å². The van der Waals surface area contributed by atoms with E-state index in [4.69, 9.17) is 4.74 Å². The predicted molar refractivity (Wildman–Crippen MR) is 71.6 cm³/mol. The molecule has 3 nitrogen and oxygen atoms in total. The van der Waals surface area contributed by atoms with Gasteiger partial charge in [0, 0.05) is 24.8 Å². The van der Waals surface area contributed by atoms with Gasteiger partial charge in [0.15, 0.2) is 0 Å². The van der Waals surface area contributed by atoms with Crippen LogP contribution in [0.15, 0.2) is 18.2 Å². The molecule has 1 aromatic rings. The van der Waals surface area contributed by atoms with Crippen molar-refractivity contribution in [2.75, 3.05) is 31.6 Å². The fourth-order valence-corrected chi connectivity index (χ4v) is 2.11. The average Bonchev–Trinajstić information content (AvgIpc) is 2.35. The van der Waals surface area contributed by atoms with Crippen molar-refractivity contribution in [3.63, 3.8) is 0 Å². The first-order chi connectivity index (χ1) is 8.25. The monoisotopic (exact) mass is 234 g/mol. The molecule has 0 aliphatic carbocycles. The Balaban J connectivity index is 1.79. The lowest BCUT2D eigenvalue weighted by Gasteiger charge is -2.24. The second kappa shape index (κ2) is 6.03. The summed E-state index contributed by atoms with van der Waals surface area (Å²) in [6, 6.07) is 7.03. The number of benzene rings is 1. The van der Waals surface area contributed by atoms with Gasteiger partial charge in [0.25, 0.3) is 0 Å². The minimum atomic E-state index is 0.501. The standard InChI is InChI=1S/C14H22N2O/c1-11-3-4-12(2)14(9-11)16-6-5-13-10-17-8-7-15-13/h3-4,9,13,15-16H,5-8,10H2,1-2H3. The van der Waals surface area contributed by atoms with E-state index >= 15 is 0 Å². The number of morpholine rings is 1. The Morgan fingerprint density at radius 2 is 2.29 bits per heavy atom. The fraction of sp³-hybridized carbons (Fsp3) is 0.571. The average molecular weight is 234 g/mol. The van der Waals surface area contributed by atoms with Crippen molar-refractivity contribution in [3.05, 3.63) is 29.3 Å². The number of anilines is 1. The Bertz CT molecular complexity index is 359. The summed E-state index contributed by atoms with van der Waals surface area (Å²) in [7, 11) is 0. The third-order valence-electron chi connectivity index (χ3n) is 3.20. The van der Waals surface area contributed by atoms with Gasteiger partial charge in [0.2, 0.25) is 0 Å². The quantitative estimate of drug-likeness (QED) is 0.837. The van der Waals surface area contributed by atoms with Crippen LogP contribution in [0.1, 0.15) is 17.5 Å². The van der Waals surface area contributed by atoms with Gasteiger partial charge in [-0.2, -0.15) is 0 Å². The normalized spacial score (nSPS) is 20.2. The van der Waals surface area contributed by atoms with E-state index in [0.717, 1.165) is 32.7 Å². The van der Waals surface area contributed by atoms with Crippen LogP contribution in [-0.4, -0.2) is 32.3 Å². The van der Waals surface area contributed by atoms with Crippen LogP contribution in [0.4, 0.5) is 5.69 Å². The smallest absolute Gasteiger partial charge is 0.0620 e. The van der Waals surface area contributed by atoms with Gasteiger partial charge in [-0.15, -0.1) is 0 Å². The third kappa shape index (κ3) is 3.72. The lowest BCUT2D eigenvalue weighted by Crippen LogP contribution is -2.42. The van der Waals surface area contributed by atoms with E-state index < -0.39 is 0 Å². The Morgan fingerprint density at radius 1 is 1.41 bits per heavy atom. The summed E-state index contributed by atoms with van der Waals surface area (Å²) in [5.41, 5.74) is 3.86. The Morgan fingerprint density at radius 3 is 3.06 bits per heavy atom. The predicted octanol–water partition coefficient (Wildman–Crippen LogP) is 2.09. The van der Waals surface area contributed by atoms with Gasteiger partial charge in [0.05, 0.1) is 13.2 Å². The number of aryl methyl sites for hydroxylation is 2. The minimum Gasteiger partial charge on any atom is -0.385 e. The number of hydrogen-bond donors (Lipinski definition) is 2. The number of nitrogens with one attached hydrogen (secondary N) is 2. The fourth-order valence-electron chi connectivity index (χ4n) is 2.11. The molecule has 1 heterocycles. The molecule has 0 aromatic heterocycles. The van der Waals surface area contributed by atoms with Gasteiger partial charge in [-0.1, -0.05) is 12.1 Å². The molecule has 94 valence electrons. The molecule has 0 bridgehead atoms. The van der Waals surface area contributed by atoms with Crippen LogP contribution >= 0.6 is 0 Å². The van der Waals surface area contributed by atoms with Crippen molar-refractivity contribution in [2.24, 2.45) is 0 Å². The molecule has 2 rings (SSSR count). The summed E-state index contributed by atoms with van der Waals surface area (Å²) in [6.45, 7) is 7.93. The molecule has 0 saturated carbocycles. The first-order valence-corrected chi connectivity index (χ1v) is 6.38. The van der Waals surface area contributed by atoms with Crippen molar-refractivity contribution in [3.8, 4) is 0 Å². The molecule has 1 saturated heterocycles. The summed E-state index contributed by atoms with van der Waals surface area (Å²) in [6.07, 6.45) is 1.10. The largest absolute Gasteiger partial charge is 0.385 e. The van der Waals surface area contributed by atoms with Gasteiger partial charge in [-0.25, -0.2) is 0 Å². The van der Waals surface area contributed by atoms with Crippen LogP contribution in [0, 0.1) is 13.8 Å². The zero-order chi connectivity index (χ0) is 12.1. The molecule has 0 spiro atoms. The SMILES string of the molecule is Cc1ccc(C)c(NCCC2COCCN2)c1. The number of rotatable bonds is 4. The minimum absolute atomic E-state index is 0.501. The Hall–Kier alpha value is -1.06. The molecule has 17 heavy (non-hydrogen) atoms. The van der Waals surface area contributed by atoms with Crippen molar-refractivity contribution in [1.82, 2.24) is 5.32 Å². The lowest BCUT2D eigenvalue weighted by atomic mass is 10.1. The molecule has 1 aromatic carbocycles. The molecule has 2 N–H and O–H groups in total. The molecule has 1 atom stereocenters. The van der Waals surface area contributed by atoms with Crippen molar-refractivity contribution in [2.45, 2.75) is 26.3 Å². The van der Waals surface area contributed by atoms with E-state index in [1.165, 1.54) is 16.8 Å². The van der Waals surface area contributed by atoms with E-state index in [0.29, 0.717) is 6.04 Å². The highest BCUT2D eigenvalue weighted by Gasteiger charge is 2.12. The second-order valence-corrected chi connectivity index (χ2v) is 4.76. The van der Waals surface area contributed by atoms with E-state index in [1.54, 1.807) is 0 Å². The molecular weight excluding hydrogens is 212 g/mol. The van der Waals surface area contributed by atoms with Crippen molar-refractivity contribution >= 4 is 5.69 Å². The Kier molecular flexibility index (Phi) is 4.40. The summed E-state index contributed by atoms with van der Waals surface area (Å²) in [5, 5.41) is 6.97. The molecule has 0 radical (unpaired) electrons. The highest BCUT2D eigenvalue weighted by molar-refractivity contribution is 5.52. The number of hydrogen-bond acceptors (Lipinski definition) is 3. The zero-order valence-corrected chi connectivity index (χ0v) is 10.8. The summed E-state index contributed by atoms with van der Waals surface area (Å²) in [4.78, 5) is 0. The maximum Gasteiger partial charge on any atom is 0.0620 e. The lowest BCUT2D eigenvalue weighted by molar-refractivity contribution is 0.0753.